The summed E-state index contributed by atoms with van der Waals surface area (Å²) in [4.78, 5) is 3.87. The maximum absolute atomic E-state index is 10.9. The van der Waals surface area contributed by atoms with Gasteiger partial charge in [-0.1, -0.05) is 0 Å². The molecule has 1 aromatic rings. The van der Waals surface area contributed by atoms with Crippen molar-refractivity contribution in [3.63, 3.8) is 0 Å². The van der Waals surface area contributed by atoms with Crippen LogP contribution in [0.4, 0.5) is 0 Å². The summed E-state index contributed by atoms with van der Waals surface area (Å²) in [6.07, 6.45) is 3.21. The van der Waals surface area contributed by atoms with Crippen LogP contribution in [-0.4, -0.2) is 25.7 Å². The minimum absolute atomic E-state index is 0.244. The Balaban J connectivity index is 2.41. The third-order valence-electron chi connectivity index (χ3n) is 1.65. The summed E-state index contributed by atoms with van der Waals surface area (Å²) in [7, 11) is -3.43. The standard InChI is InChI=1S/C7H7N3O2S/c11-13(12)9-5-7(10-13)6-2-1-3-8-4-6/h1-4,9H,5H2. The van der Waals surface area contributed by atoms with Gasteiger partial charge in [0.05, 0.1) is 12.3 Å². The maximum atomic E-state index is 10.9. The Bertz CT molecular complexity index is 438. The average Bonchev–Trinajstić information content (AvgIpc) is 2.48. The van der Waals surface area contributed by atoms with E-state index in [0.29, 0.717) is 5.71 Å². The van der Waals surface area contributed by atoms with Crippen molar-refractivity contribution in [2.45, 2.75) is 0 Å². The molecule has 0 fully saturated rings. The van der Waals surface area contributed by atoms with Crippen molar-refractivity contribution in [3.8, 4) is 0 Å². The van der Waals surface area contributed by atoms with Gasteiger partial charge < -0.3 is 0 Å². The van der Waals surface area contributed by atoms with Crippen LogP contribution in [0.2, 0.25) is 0 Å². The van der Waals surface area contributed by atoms with E-state index >= 15 is 0 Å². The molecule has 0 unspecified atom stereocenters. The summed E-state index contributed by atoms with van der Waals surface area (Å²) >= 11 is 0. The second-order valence-corrected chi connectivity index (χ2v) is 4.00. The first kappa shape index (κ1) is 8.33. The van der Waals surface area contributed by atoms with E-state index in [1.807, 2.05) is 0 Å². The highest BCUT2D eigenvalue weighted by Crippen LogP contribution is 2.06. The number of nitrogens with zero attached hydrogens (tertiary/aromatic N) is 2. The quantitative estimate of drug-likeness (QED) is 0.673. The van der Waals surface area contributed by atoms with Crippen LogP contribution < -0.4 is 4.72 Å². The van der Waals surface area contributed by atoms with Crippen LogP contribution in [0.1, 0.15) is 5.56 Å². The second kappa shape index (κ2) is 2.90. The molecular formula is C7H7N3O2S. The van der Waals surface area contributed by atoms with Crippen LogP contribution >= 0.6 is 0 Å². The number of pyridine rings is 1. The molecule has 0 bridgehead atoms. The summed E-state index contributed by atoms with van der Waals surface area (Å²) in [6.45, 7) is 0.244. The fourth-order valence-corrected chi connectivity index (χ4v) is 1.90. The highest BCUT2D eigenvalue weighted by Gasteiger charge is 2.19. The summed E-state index contributed by atoms with van der Waals surface area (Å²) in [5.41, 5.74) is 1.24. The van der Waals surface area contributed by atoms with E-state index in [9.17, 15) is 8.42 Å². The van der Waals surface area contributed by atoms with E-state index in [4.69, 9.17) is 0 Å². The molecule has 13 heavy (non-hydrogen) atoms. The Hall–Kier alpha value is -1.27. The highest BCUT2D eigenvalue weighted by atomic mass is 32.2. The number of hydrogen-bond acceptors (Lipinski definition) is 3. The Kier molecular flexibility index (Phi) is 1.86. The van der Waals surface area contributed by atoms with Gasteiger partial charge in [-0.05, 0) is 12.1 Å². The van der Waals surface area contributed by atoms with Crippen molar-refractivity contribution in [3.05, 3.63) is 30.1 Å². The normalized spacial score (nSPS) is 19.8. The molecule has 2 heterocycles. The van der Waals surface area contributed by atoms with Crippen LogP contribution in [0.3, 0.4) is 0 Å². The SMILES string of the molecule is O=S1(=O)N=C(c2cccnc2)CN1. The van der Waals surface area contributed by atoms with Gasteiger partial charge in [0.1, 0.15) is 0 Å². The van der Waals surface area contributed by atoms with Crippen molar-refractivity contribution < 1.29 is 8.42 Å². The van der Waals surface area contributed by atoms with Crippen LogP contribution in [0.25, 0.3) is 0 Å². The van der Waals surface area contributed by atoms with Crippen molar-refractivity contribution >= 4 is 15.9 Å². The van der Waals surface area contributed by atoms with Gasteiger partial charge in [0, 0.05) is 18.0 Å². The van der Waals surface area contributed by atoms with E-state index in [1.54, 1.807) is 24.5 Å². The van der Waals surface area contributed by atoms with Crippen LogP contribution in [0.5, 0.6) is 0 Å². The van der Waals surface area contributed by atoms with Crippen LogP contribution in [-0.2, 0) is 10.2 Å². The lowest BCUT2D eigenvalue weighted by Crippen LogP contribution is -2.18. The first-order valence-electron chi connectivity index (χ1n) is 3.66. The topological polar surface area (TPSA) is 71.4 Å². The monoisotopic (exact) mass is 197 g/mol. The predicted molar refractivity (Wildman–Crippen MR) is 47.7 cm³/mol. The summed E-state index contributed by atoms with van der Waals surface area (Å²) < 4.78 is 27.6. The van der Waals surface area contributed by atoms with Gasteiger partial charge in [0.25, 0.3) is 0 Å². The van der Waals surface area contributed by atoms with Gasteiger partial charge in [0.15, 0.2) is 0 Å². The maximum Gasteiger partial charge on any atom is 0.320 e. The minimum Gasteiger partial charge on any atom is -0.264 e. The fraction of sp³-hybridized carbons (Fsp3) is 0.143. The molecule has 1 N–H and O–H groups in total. The molecule has 1 aliphatic rings. The molecule has 5 nitrogen and oxygen atoms in total. The smallest absolute Gasteiger partial charge is 0.264 e. The van der Waals surface area contributed by atoms with Crippen molar-refractivity contribution in [1.82, 2.24) is 9.71 Å². The van der Waals surface area contributed by atoms with E-state index < -0.39 is 10.2 Å². The first-order chi connectivity index (χ1) is 6.17. The van der Waals surface area contributed by atoms with E-state index in [0.717, 1.165) is 5.56 Å². The lowest BCUT2D eigenvalue weighted by Gasteiger charge is -1.94. The first-order valence-corrected chi connectivity index (χ1v) is 5.10. The Morgan fingerprint density at radius 2 is 2.31 bits per heavy atom. The number of rotatable bonds is 1. The molecule has 0 spiro atoms. The lowest BCUT2D eigenvalue weighted by molar-refractivity contribution is 0.592. The second-order valence-electron chi connectivity index (χ2n) is 2.58. The number of hydrogen-bond donors (Lipinski definition) is 1. The minimum atomic E-state index is -3.43. The Morgan fingerprint density at radius 1 is 1.46 bits per heavy atom. The lowest BCUT2D eigenvalue weighted by atomic mass is 10.2. The van der Waals surface area contributed by atoms with Crippen molar-refractivity contribution in [2.75, 3.05) is 6.54 Å². The van der Waals surface area contributed by atoms with Gasteiger partial charge in [-0.3, -0.25) is 4.98 Å². The van der Waals surface area contributed by atoms with Gasteiger partial charge in [-0.25, -0.2) is 0 Å². The van der Waals surface area contributed by atoms with E-state index in [2.05, 4.69) is 14.1 Å². The zero-order valence-electron chi connectivity index (χ0n) is 6.64. The van der Waals surface area contributed by atoms with E-state index in [-0.39, 0.29) is 6.54 Å². The van der Waals surface area contributed by atoms with Crippen molar-refractivity contribution in [1.29, 1.82) is 0 Å². The van der Waals surface area contributed by atoms with E-state index in [1.165, 1.54) is 0 Å². The molecule has 0 radical (unpaired) electrons. The van der Waals surface area contributed by atoms with Gasteiger partial charge >= 0.3 is 10.2 Å². The van der Waals surface area contributed by atoms with Crippen LogP contribution in [0, 0.1) is 0 Å². The molecule has 1 aromatic heterocycles. The molecule has 6 heteroatoms. The molecule has 0 saturated heterocycles. The summed E-state index contributed by atoms with van der Waals surface area (Å²) in [6, 6.07) is 3.51. The molecule has 0 amide bonds. The highest BCUT2D eigenvalue weighted by molar-refractivity contribution is 7.88. The molecule has 1 aliphatic heterocycles. The molecule has 0 aliphatic carbocycles. The molecular weight excluding hydrogens is 190 g/mol. The zero-order valence-corrected chi connectivity index (χ0v) is 7.45. The zero-order chi connectivity index (χ0) is 9.31. The number of nitrogens with one attached hydrogen (secondary N) is 1. The molecule has 68 valence electrons. The molecule has 0 aromatic carbocycles. The van der Waals surface area contributed by atoms with Crippen LogP contribution in [0.15, 0.2) is 28.9 Å². The van der Waals surface area contributed by atoms with Gasteiger partial charge in [0.2, 0.25) is 0 Å². The molecule has 0 saturated carbocycles. The third kappa shape index (κ3) is 1.73. The fourth-order valence-electron chi connectivity index (χ4n) is 1.06. The van der Waals surface area contributed by atoms with Gasteiger partial charge in [-0.2, -0.15) is 17.5 Å². The molecule has 2 rings (SSSR count). The number of aromatic nitrogens is 1. The summed E-state index contributed by atoms with van der Waals surface area (Å²) in [5, 5.41) is 0. The molecule has 0 atom stereocenters. The van der Waals surface area contributed by atoms with Crippen molar-refractivity contribution in [2.24, 2.45) is 4.40 Å². The third-order valence-corrected chi connectivity index (χ3v) is 2.62. The Morgan fingerprint density at radius 3 is 2.85 bits per heavy atom. The summed E-state index contributed by atoms with van der Waals surface area (Å²) in [5.74, 6) is 0. The predicted octanol–water partition coefficient (Wildman–Crippen LogP) is -0.281. The van der Waals surface area contributed by atoms with Gasteiger partial charge in [-0.15, -0.1) is 0 Å². The Labute approximate surface area is 75.7 Å². The average molecular weight is 197 g/mol. The largest absolute Gasteiger partial charge is 0.320 e.